The van der Waals surface area contributed by atoms with E-state index in [4.69, 9.17) is 13.9 Å². The number of rotatable bonds is 11. The molecule has 9 heteroatoms. The molecule has 0 amide bonds. The number of halogens is 3. The molecule has 1 heterocycles. The number of aryl methyl sites for hydroxylation is 2. The molecule has 0 spiro atoms. The number of ether oxygens (including phenoxy) is 2. The van der Waals surface area contributed by atoms with E-state index in [0.717, 1.165) is 16.7 Å². The molecular formula is C37H40F3NO5. The Morgan fingerprint density at radius 3 is 2.20 bits per heavy atom. The van der Waals surface area contributed by atoms with Crippen LogP contribution in [-0.4, -0.2) is 24.0 Å². The summed E-state index contributed by atoms with van der Waals surface area (Å²) in [6.07, 6.45) is -2.25. The van der Waals surface area contributed by atoms with Crippen molar-refractivity contribution in [3.05, 3.63) is 104 Å². The first-order chi connectivity index (χ1) is 21.6. The number of hydrogen-bond acceptors (Lipinski definition) is 6. The molecule has 0 fully saturated rings. The van der Waals surface area contributed by atoms with Gasteiger partial charge in [0.05, 0.1) is 10.9 Å². The van der Waals surface area contributed by atoms with Crippen LogP contribution in [0.4, 0.5) is 13.2 Å². The van der Waals surface area contributed by atoms with E-state index in [2.05, 4.69) is 4.90 Å². The SMILES string of the molecule is Cc1cc(C)c(C)c(Oc2c(C(F)(F)F)oc3c(CN(CC(C)C)CC(C)C)c(OC(=O)C=Cc4ccccc4)ccc3c2=O)c1. The summed E-state index contributed by atoms with van der Waals surface area (Å²) in [5.74, 6) is -2.65. The molecule has 244 valence electrons. The number of benzene rings is 3. The van der Waals surface area contributed by atoms with Crippen molar-refractivity contribution in [1.29, 1.82) is 0 Å². The highest BCUT2D eigenvalue weighted by atomic mass is 19.4. The average molecular weight is 636 g/mol. The molecule has 4 aromatic rings. The van der Waals surface area contributed by atoms with E-state index in [-0.39, 0.29) is 46.4 Å². The minimum atomic E-state index is -5.06. The van der Waals surface area contributed by atoms with Gasteiger partial charge in [-0.2, -0.15) is 13.2 Å². The maximum atomic E-state index is 14.6. The summed E-state index contributed by atoms with van der Waals surface area (Å²) in [6, 6.07) is 15.3. The van der Waals surface area contributed by atoms with E-state index in [0.29, 0.717) is 18.7 Å². The van der Waals surface area contributed by atoms with Crippen molar-refractivity contribution in [2.45, 2.75) is 61.2 Å². The second-order valence-corrected chi connectivity index (χ2v) is 12.5. The summed E-state index contributed by atoms with van der Waals surface area (Å²) in [5.41, 5.74) is 1.82. The van der Waals surface area contributed by atoms with Crippen LogP contribution in [-0.2, 0) is 17.5 Å². The summed E-state index contributed by atoms with van der Waals surface area (Å²) < 4.78 is 60.9. The van der Waals surface area contributed by atoms with Crippen molar-refractivity contribution in [2.24, 2.45) is 11.8 Å². The quantitative estimate of drug-likeness (QED) is 0.0930. The molecule has 6 nitrogen and oxygen atoms in total. The molecule has 0 aliphatic heterocycles. The van der Waals surface area contributed by atoms with Crippen molar-refractivity contribution >= 4 is 23.0 Å². The molecule has 0 atom stereocenters. The molecule has 0 saturated carbocycles. The van der Waals surface area contributed by atoms with Crippen LogP contribution in [0, 0.1) is 32.6 Å². The molecule has 1 aromatic heterocycles. The Labute approximate surface area is 267 Å². The smallest absolute Gasteiger partial charge is 0.449 e. The Bertz CT molecular complexity index is 1780. The molecule has 46 heavy (non-hydrogen) atoms. The van der Waals surface area contributed by atoms with Crippen LogP contribution >= 0.6 is 0 Å². The molecule has 0 aliphatic carbocycles. The standard InChI is InChI=1S/C37H40F3NO5/c1-22(2)19-41(20-23(3)4)21-29-30(44-32(42)16-13-27-11-9-8-10-12-27)15-14-28-33(43)35(36(37(38,39)40)46-34(28)29)45-31-18-24(5)17-25(6)26(31)7/h8-18,22-23H,19-21H2,1-7H3. The molecule has 4 rings (SSSR count). The fraction of sp³-hybridized carbons (Fsp3) is 0.351. The van der Waals surface area contributed by atoms with Crippen LogP contribution in [0.15, 0.2) is 69.9 Å². The Kier molecular flexibility index (Phi) is 10.8. The van der Waals surface area contributed by atoms with Crippen molar-refractivity contribution in [1.82, 2.24) is 4.90 Å². The van der Waals surface area contributed by atoms with Gasteiger partial charge in [0.25, 0.3) is 5.76 Å². The van der Waals surface area contributed by atoms with Crippen LogP contribution in [0.3, 0.4) is 0 Å². The summed E-state index contributed by atoms with van der Waals surface area (Å²) in [7, 11) is 0. The normalized spacial score (nSPS) is 12.2. The van der Waals surface area contributed by atoms with Crippen molar-refractivity contribution in [3.63, 3.8) is 0 Å². The molecule has 0 radical (unpaired) electrons. The number of esters is 1. The van der Waals surface area contributed by atoms with Crippen LogP contribution < -0.4 is 14.9 Å². The molecule has 0 saturated heterocycles. The van der Waals surface area contributed by atoms with Crippen molar-refractivity contribution in [2.75, 3.05) is 13.1 Å². The maximum Gasteiger partial charge on any atom is 0.453 e. The highest BCUT2D eigenvalue weighted by Crippen LogP contribution is 2.41. The van der Waals surface area contributed by atoms with Gasteiger partial charge in [-0.3, -0.25) is 9.69 Å². The van der Waals surface area contributed by atoms with Crippen molar-refractivity contribution < 1.29 is 31.9 Å². The Morgan fingerprint density at radius 1 is 0.935 bits per heavy atom. The third-order valence-corrected chi connectivity index (χ3v) is 7.36. The van der Waals surface area contributed by atoms with Gasteiger partial charge < -0.3 is 13.9 Å². The lowest BCUT2D eigenvalue weighted by Gasteiger charge is -2.27. The van der Waals surface area contributed by atoms with E-state index < -0.39 is 29.1 Å². The zero-order valence-corrected chi connectivity index (χ0v) is 27.2. The summed E-state index contributed by atoms with van der Waals surface area (Å²) >= 11 is 0. The van der Waals surface area contributed by atoms with Gasteiger partial charge in [0, 0.05) is 25.7 Å². The molecule has 0 unspecified atom stereocenters. The summed E-state index contributed by atoms with van der Waals surface area (Å²) in [5, 5.41) is -0.117. The van der Waals surface area contributed by atoms with E-state index in [1.807, 2.05) is 71.0 Å². The first-order valence-corrected chi connectivity index (χ1v) is 15.3. The fourth-order valence-corrected chi connectivity index (χ4v) is 5.35. The first-order valence-electron chi connectivity index (χ1n) is 15.3. The Balaban J connectivity index is 1.91. The van der Waals surface area contributed by atoms with Crippen LogP contribution in [0.25, 0.3) is 17.0 Å². The number of carbonyl (C=O) groups is 1. The Hall–Kier alpha value is -4.37. The number of fused-ring (bicyclic) bond motifs is 1. The van der Waals surface area contributed by atoms with Gasteiger partial charge in [0.15, 0.2) is 0 Å². The minimum absolute atomic E-state index is 0.00261. The van der Waals surface area contributed by atoms with Gasteiger partial charge in [-0.05, 0) is 79.1 Å². The number of carbonyl (C=O) groups excluding carboxylic acids is 1. The molecule has 0 N–H and O–H groups in total. The van der Waals surface area contributed by atoms with Gasteiger partial charge in [0.1, 0.15) is 17.1 Å². The second kappa shape index (κ2) is 14.4. The maximum absolute atomic E-state index is 14.6. The third-order valence-electron chi connectivity index (χ3n) is 7.36. The Morgan fingerprint density at radius 2 is 1.59 bits per heavy atom. The van der Waals surface area contributed by atoms with Crippen LogP contribution in [0.1, 0.15) is 61.3 Å². The van der Waals surface area contributed by atoms with Gasteiger partial charge >= 0.3 is 12.1 Å². The number of nitrogens with zero attached hydrogens (tertiary/aromatic N) is 1. The highest BCUT2D eigenvalue weighted by Gasteiger charge is 2.41. The van der Waals surface area contributed by atoms with Crippen LogP contribution in [0.5, 0.6) is 17.2 Å². The topological polar surface area (TPSA) is 69.0 Å². The highest BCUT2D eigenvalue weighted by molar-refractivity contribution is 5.90. The van der Waals surface area contributed by atoms with Crippen molar-refractivity contribution in [3.8, 4) is 17.2 Å². The zero-order chi connectivity index (χ0) is 33.8. The van der Waals surface area contributed by atoms with Gasteiger partial charge in [-0.25, -0.2) is 4.79 Å². The summed E-state index contributed by atoms with van der Waals surface area (Å²) in [6.45, 7) is 14.7. The van der Waals surface area contributed by atoms with Gasteiger partial charge in [0.2, 0.25) is 11.2 Å². The van der Waals surface area contributed by atoms with Gasteiger partial charge in [-0.15, -0.1) is 0 Å². The summed E-state index contributed by atoms with van der Waals surface area (Å²) in [4.78, 5) is 28.8. The average Bonchev–Trinajstić information content (AvgIpc) is 2.96. The zero-order valence-electron chi connectivity index (χ0n) is 27.2. The van der Waals surface area contributed by atoms with Gasteiger partial charge in [-0.1, -0.05) is 64.1 Å². The predicted octanol–water partition coefficient (Wildman–Crippen LogP) is 9.26. The monoisotopic (exact) mass is 635 g/mol. The van der Waals surface area contributed by atoms with E-state index in [1.165, 1.54) is 18.2 Å². The lowest BCUT2D eigenvalue weighted by molar-refractivity contribution is -0.154. The predicted molar refractivity (Wildman–Crippen MR) is 174 cm³/mol. The fourth-order valence-electron chi connectivity index (χ4n) is 5.35. The lowest BCUT2D eigenvalue weighted by atomic mass is 10.0. The lowest BCUT2D eigenvalue weighted by Crippen LogP contribution is -2.31. The molecular weight excluding hydrogens is 595 g/mol. The van der Waals surface area contributed by atoms with E-state index >= 15 is 0 Å². The molecule has 3 aromatic carbocycles. The first kappa shape index (κ1) is 34.5. The molecule has 0 bridgehead atoms. The second-order valence-electron chi connectivity index (χ2n) is 12.5. The number of hydrogen-bond donors (Lipinski definition) is 0. The van der Waals surface area contributed by atoms with E-state index in [9.17, 15) is 22.8 Å². The number of alkyl halides is 3. The van der Waals surface area contributed by atoms with E-state index in [1.54, 1.807) is 26.0 Å². The third kappa shape index (κ3) is 8.46. The minimum Gasteiger partial charge on any atom is -0.449 e. The largest absolute Gasteiger partial charge is 0.453 e. The van der Waals surface area contributed by atoms with Crippen LogP contribution in [0.2, 0.25) is 0 Å². The molecule has 0 aliphatic rings.